The van der Waals surface area contributed by atoms with Crippen molar-refractivity contribution in [2.45, 2.75) is 6.92 Å². The summed E-state index contributed by atoms with van der Waals surface area (Å²) in [5.74, 6) is 1.52. The van der Waals surface area contributed by atoms with Gasteiger partial charge in [0.2, 0.25) is 5.95 Å². The van der Waals surface area contributed by atoms with Gasteiger partial charge in [-0.3, -0.25) is 0 Å². The van der Waals surface area contributed by atoms with E-state index >= 15 is 0 Å². The summed E-state index contributed by atoms with van der Waals surface area (Å²) >= 11 is 12.7. The topological polar surface area (TPSA) is 49.6 Å². The van der Waals surface area contributed by atoms with Crippen molar-refractivity contribution in [2.24, 2.45) is 0 Å². The number of aromatic nitrogens is 4. The molecule has 1 fully saturated rings. The zero-order chi connectivity index (χ0) is 21.5. The van der Waals surface area contributed by atoms with E-state index in [-0.39, 0.29) is 0 Å². The molecule has 4 aromatic rings. The molecule has 1 aliphatic heterocycles. The maximum absolute atomic E-state index is 6.56. The zero-order valence-electron chi connectivity index (χ0n) is 17.4. The van der Waals surface area contributed by atoms with Crippen LogP contribution in [0.1, 0.15) is 5.82 Å². The van der Waals surface area contributed by atoms with E-state index in [4.69, 9.17) is 38.3 Å². The van der Waals surface area contributed by atoms with E-state index in [0.29, 0.717) is 10.0 Å². The van der Waals surface area contributed by atoms with Gasteiger partial charge in [0, 0.05) is 36.8 Å². The molecule has 0 radical (unpaired) electrons. The first-order valence-electron chi connectivity index (χ1n) is 10.2. The number of halogens is 2. The summed E-state index contributed by atoms with van der Waals surface area (Å²) in [5, 5.41) is 6.22. The van der Waals surface area contributed by atoms with Crippen molar-refractivity contribution < 1.29 is 0 Å². The minimum atomic E-state index is 0.644. The monoisotopic (exact) mass is 452 g/mol. The number of hydrogen-bond donors (Lipinski definition) is 0. The maximum atomic E-state index is 6.56. The average molecular weight is 453 g/mol. The molecule has 0 spiro atoms. The van der Waals surface area contributed by atoms with E-state index < -0.39 is 0 Å². The van der Waals surface area contributed by atoms with E-state index in [1.165, 1.54) is 0 Å². The molecule has 0 aliphatic carbocycles. The summed E-state index contributed by atoms with van der Waals surface area (Å²) in [6.07, 6.45) is 0. The number of aryl methyl sites for hydroxylation is 1. The zero-order valence-corrected chi connectivity index (χ0v) is 18.9. The van der Waals surface area contributed by atoms with E-state index in [1.54, 1.807) is 0 Å². The second kappa shape index (κ2) is 8.11. The van der Waals surface area contributed by atoms with Gasteiger partial charge in [0.25, 0.3) is 0 Å². The third kappa shape index (κ3) is 3.76. The minimum Gasteiger partial charge on any atom is -0.338 e. The predicted octanol–water partition coefficient (Wildman–Crippen LogP) is 4.83. The Balaban J connectivity index is 1.75. The van der Waals surface area contributed by atoms with Crippen LogP contribution in [-0.2, 0) is 0 Å². The first kappa shape index (κ1) is 20.2. The molecule has 1 saturated heterocycles. The molecule has 158 valence electrons. The Labute approximate surface area is 191 Å². The van der Waals surface area contributed by atoms with Gasteiger partial charge in [0.05, 0.1) is 10.6 Å². The Morgan fingerprint density at radius 1 is 0.871 bits per heavy atom. The molecule has 5 rings (SSSR count). The lowest BCUT2D eigenvalue weighted by Crippen LogP contribution is -2.45. The van der Waals surface area contributed by atoms with Crippen molar-refractivity contribution in [2.75, 3.05) is 38.1 Å². The molecule has 2 aromatic carbocycles. The molecule has 1 aliphatic rings. The van der Waals surface area contributed by atoms with Crippen LogP contribution in [0.5, 0.6) is 0 Å². The smallest absolute Gasteiger partial charge is 0.229 e. The Kier molecular flexibility index (Phi) is 5.30. The van der Waals surface area contributed by atoms with Crippen molar-refractivity contribution in [3.63, 3.8) is 0 Å². The summed E-state index contributed by atoms with van der Waals surface area (Å²) in [7, 11) is 2.14. The first-order chi connectivity index (χ1) is 15.0. The largest absolute Gasteiger partial charge is 0.338 e. The summed E-state index contributed by atoms with van der Waals surface area (Å²) in [6, 6.07) is 15.5. The van der Waals surface area contributed by atoms with Crippen molar-refractivity contribution in [3.8, 4) is 22.4 Å². The quantitative estimate of drug-likeness (QED) is 0.445. The third-order valence-electron chi connectivity index (χ3n) is 5.68. The Morgan fingerprint density at radius 3 is 2.29 bits per heavy atom. The van der Waals surface area contributed by atoms with Gasteiger partial charge in [0.1, 0.15) is 11.5 Å². The highest BCUT2D eigenvalue weighted by molar-refractivity contribution is 6.33. The molecule has 0 bridgehead atoms. The normalized spacial score (nSPS) is 15.0. The Bertz CT molecular complexity index is 1240. The van der Waals surface area contributed by atoms with Crippen LogP contribution in [-0.4, -0.2) is 57.7 Å². The molecular weight excluding hydrogens is 431 g/mol. The molecule has 0 amide bonds. The fourth-order valence-corrected chi connectivity index (χ4v) is 4.27. The van der Waals surface area contributed by atoms with E-state index in [0.717, 1.165) is 66.0 Å². The van der Waals surface area contributed by atoms with Gasteiger partial charge < -0.3 is 9.80 Å². The Hall–Kier alpha value is -2.67. The molecule has 0 unspecified atom stereocenters. The van der Waals surface area contributed by atoms with Gasteiger partial charge in [-0.25, -0.2) is 0 Å². The Morgan fingerprint density at radius 2 is 1.58 bits per heavy atom. The van der Waals surface area contributed by atoms with Gasteiger partial charge in [-0.1, -0.05) is 53.5 Å². The van der Waals surface area contributed by atoms with Crippen LogP contribution in [0.4, 0.5) is 5.95 Å². The third-order valence-corrected chi connectivity index (χ3v) is 6.26. The number of hydrogen-bond acceptors (Lipinski definition) is 5. The summed E-state index contributed by atoms with van der Waals surface area (Å²) in [5.41, 5.74) is 4.31. The highest BCUT2D eigenvalue weighted by atomic mass is 35.5. The van der Waals surface area contributed by atoms with Gasteiger partial charge in [-0.05, 0) is 37.7 Å². The van der Waals surface area contributed by atoms with Crippen LogP contribution in [0.25, 0.3) is 28.0 Å². The maximum Gasteiger partial charge on any atom is 0.229 e. The molecular formula is C23H22Cl2N6. The predicted molar refractivity (Wildman–Crippen MR) is 126 cm³/mol. The second-order valence-corrected chi connectivity index (χ2v) is 8.65. The molecule has 0 atom stereocenters. The molecule has 3 heterocycles. The molecule has 8 heteroatoms. The van der Waals surface area contributed by atoms with E-state index in [1.807, 2.05) is 60.0 Å². The van der Waals surface area contributed by atoms with Crippen LogP contribution in [0.3, 0.4) is 0 Å². The van der Waals surface area contributed by atoms with Crippen molar-refractivity contribution in [1.82, 2.24) is 24.5 Å². The molecule has 0 N–H and O–H groups in total. The molecule has 6 nitrogen and oxygen atoms in total. The summed E-state index contributed by atoms with van der Waals surface area (Å²) in [6.45, 7) is 5.73. The van der Waals surface area contributed by atoms with Crippen molar-refractivity contribution in [3.05, 3.63) is 64.4 Å². The fraction of sp³-hybridized carbons (Fsp3) is 0.261. The number of anilines is 1. The highest BCUT2D eigenvalue weighted by Gasteiger charge is 2.24. The number of likely N-dealkylation sites (N-methyl/N-ethyl adjacent to an activating group) is 1. The standard InChI is InChI=1S/C23H22Cl2N6/c1-15-26-23(30-13-11-29(2)12-14-30)27-22-20(16-7-9-17(24)10-8-16)21(28-31(15)22)18-5-3-4-6-19(18)25/h3-10H,11-14H2,1-2H3. The number of rotatable bonds is 3. The van der Waals surface area contributed by atoms with Crippen LogP contribution in [0.15, 0.2) is 48.5 Å². The molecule has 31 heavy (non-hydrogen) atoms. The summed E-state index contributed by atoms with van der Waals surface area (Å²) < 4.78 is 1.81. The van der Waals surface area contributed by atoms with Gasteiger partial charge >= 0.3 is 0 Å². The fourth-order valence-electron chi connectivity index (χ4n) is 3.92. The molecule has 0 saturated carbocycles. The van der Waals surface area contributed by atoms with Crippen molar-refractivity contribution >= 4 is 34.8 Å². The van der Waals surface area contributed by atoms with E-state index in [2.05, 4.69) is 16.8 Å². The minimum absolute atomic E-state index is 0.644. The first-order valence-corrected chi connectivity index (χ1v) is 11.0. The van der Waals surface area contributed by atoms with Crippen molar-refractivity contribution in [1.29, 1.82) is 0 Å². The van der Waals surface area contributed by atoms with E-state index in [9.17, 15) is 0 Å². The highest BCUT2D eigenvalue weighted by Crippen LogP contribution is 2.38. The number of fused-ring (bicyclic) bond motifs is 1. The lowest BCUT2D eigenvalue weighted by atomic mass is 10.0. The van der Waals surface area contributed by atoms with Gasteiger partial charge in [-0.2, -0.15) is 19.6 Å². The van der Waals surface area contributed by atoms with Crippen LogP contribution >= 0.6 is 23.2 Å². The number of nitrogens with zero attached hydrogens (tertiary/aromatic N) is 6. The second-order valence-electron chi connectivity index (χ2n) is 7.81. The average Bonchev–Trinajstić information content (AvgIpc) is 3.15. The van der Waals surface area contributed by atoms with Gasteiger partial charge in [0.15, 0.2) is 5.65 Å². The molecule has 2 aromatic heterocycles. The summed E-state index contributed by atoms with van der Waals surface area (Å²) in [4.78, 5) is 14.3. The van der Waals surface area contributed by atoms with Gasteiger partial charge in [-0.15, -0.1) is 0 Å². The lowest BCUT2D eigenvalue weighted by molar-refractivity contribution is 0.311. The number of benzene rings is 2. The lowest BCUT2D eigenvalue weighted by Gasteiger charge is -2.32. The van der Waals surface area contributed by atoms with Crippen LogP contribution in [0.2, 0.25) is 10.0 Å². The SMILES string of the molecule is Cc1nc(N2CCN(C)CC2)nc2c(-c3ccc(Cl)cc3)c(-c3ccccc3Cl)nn12. The number of piperazine rings is 1. The van der Waals surface area contributed by atoms with Crippen LogP contribution < -0.4 is 4.90 Å². The van der Waals surface area contributed by atoms with Crippen LogP contribution in [0, 0.1) is 6.92 Å².